The molecule has 328 valence electrons. The Morgan fingerprint density at radius 1 is 0.984 bits per heavy atom. The van der Waals surface area contributed by atoms with Gasteiger partial charge in [-0.05, 0) is 101 Å². The first-order valence-corrected chi connectivity index (χ1v) is 23.7. The smallest absolute Gasteiger partial charge is 0.297 e. The quantitative estimate of drug-likeness (QED) is 0.160. The van der Waals surface area contributed by atoms with Crippen molar-refractivity contribution in [2.45, 2.75) is 114 Å². The second-order valence-corrected chi connectivity index (χ2v) is 20.9. The number of fused-ring (bicyclic) bond motifs is 3. The number of para-hydroxylation sites is 1. The van der Waals surface area contributed by atoms with E-state index in [9.17, 15) is 27.6 Å². The standard InChI is InChI=1S/C49H59N5O7S/c1-32(2)54-40-23-15-22-39(34-19-14-20-36(27-34)44(56)52(4)5)43(40)50-47(54)61-38-28-41-42(55)30-49(46(58)51-62(59,60)48(3)24-25-48)29-37(49)21-13-8-6-7-12-18-35(45(57)53(41)31-38)26-33-16-10-9-11-17-33/h9-11,13-17,19-23,27,32,35,37-38,41H,6-8,12,18,24-26,28-31H2,1-5H3,(H,51,58)/b21-13-/t35-,37-,38-,41+,49-/m1/s1. The summed E-state index contributed by atoms with van der Waals surface area (Å²) in [5.74, 6) is -1.79. The minimum Gasteiger partial charge on any atom is -0.459 e. The van der Waals surface area contributed by atoms with Crippen LogP contribution in [0.1, 0.15) is 107 Å². The number of hydrogen-bond donors (Lipinski definition) is 1. The largest absolute Gasteiger partial charge is 0.459 e. The lowest BCUT2D eigenvalue weighted by molar-refractivity contribution is -0.142. The first-order valence-electron chi connectivity index (χ1n) is 22.2. The summed E-state index contributed by atoms with van der Waals surface area (Å²) in [6, 6.07) is 22.8. The zero-order chi connectivity index (χ0) is 44.0. The zero-order valence-corrected chi connectivity index (χ0v) is 37.3. The molecule has 0 bridgehead atoms. The Kier molecular flexibility index (Phi) is 12.0. The van der Waals surface area contributed by atoms with Crippen LogP contribution in [-0.4, -0.2) is 88.8 Å². The van der Waals surface area contributed by atoms with Crippen LogP contribution in [0.4, 0.5) is 0 Å². The zero-order valence-electron chi connectivity index (χ0n) is 36.5. The number of ketones is 1. The Morgan fingerprint density at radius 3 is 2.47 bits per heavy atom. The molecule has 12 nitrogen and oxygen atoms in total. The molecule has 13 heteroatoms. The highest BCUT2D eigenvalue weighted by molar-refractivity contribution is 7.91. The number of Topliss-reactive ketones (excluding diaryl/α,β-unsaturated/α-hetero) is 1. The second kappa shape index (κ2) is 17.1. The molecule has 0 unspecified atom stereocenters. The number of benzene rings is 3. The number of nitrogens with one attached hydrogen (secondary N) is 1. The molecule has 3 aromatic carbocycles. The van der Waals surface area contributed by atoms with Crippen LogP contribution < -0.4 is 9.46 Å². The van der Waals surface area contributed by atoms with Gasteiger partial charge in [0.05, 0.1) is 28.3 Å². The van der Waals surface area contributed by atoms with Gasteiger partial charge in [0.1, 0.15) is 11.6 Å². The fourth-order valence-corrected chi connectivity index (χ4v) is 10.8. The molecule has 4 aromatic rings. The summed E-state index contributed by atoms with van der Waals surface area (Å²) < 4.78 is 36.9. The number of carbonyl (C=O) groups is 4. The van der Waals surface area contributed by atoms with Gasteiger partial charge >= 0.3 is 0 Å². The number of hydrogen-bond acceptors (Lipinski definition) is 8. The number of rotatable bonds is 10. The van der Waals surface area contributed by atoms with Crippen molar-refractivity contribution in [1.82, 2.24) is 24.1 Å². The van der Waals surface area contributed by atoms with Crippen molar-refractivity contribution in [2.24, 2.45) is 17.3 Å². The molecule has 1 saturated heterocycles. The van der Waals surface area contributed by atoms with E-state index in [2.05, 4.69) is 10.8 Å². The van der Waals surface area contributed by atoms with E-state index in [0.29, 0.717) is 49.2 Å². The third-order valence-electron chi connectivity index (χ3n) is 13.6. The number of imidazole rings is 1. The maximum atomic E-state index is 15.0. The molecule has 3 amide bonds. The molecule has 1 N–H and O–H groups in total. The maximum Gasteiger partial charge on any atom is 0.297 e. The summed E-state index contributed by atoms with van der Waals surface area (Å²) in [5, 5.41) is 0. The van der Waals surface area contributed by atoms with Crippen LogP contribution in [0.15, 0.2) is 84.9 Å². The lowest BCUT2D eigenvalue weighted by Crippen LogP contribution is -2.47. The molecule has 1 aromatic heterocycles. The van der Waals surface area contributed by atoms with Crippen molar-refractivity contribution in [1.29, 1.82) is 0 Å². The fraction of sp³-hybridized carbons (Fsp3) is 0.490. The molecule has 5 atom stereocenters. The first kappa shape index (κ1) is 43.4. The average molecular weight is 862 g/mol. The molecule has 2 aliphatic carbocycles. The molecular formula is C49H59N5O7S. The van der Waals surface area contributed by atoms with Gasteiger partial charge in [-0.25, -0.2) is 8.42 Å². The first-order chi connectivity index (χ1) is 29.6. The molecule has 4 aliphatic rings. The highest BCUT2D eigenvalue weighted by Crippen LogP contribution is 2.57. The summed E-state index contributed by atoms with van der Waals surface area (Å²) in [5.41, 5.74) is 3.59. The summed E-state index contributed by atoms with van der Waals surface area (Å²) in [4.78, 5) is 65.1. The number of carbonyl (C=O) groups excluding carboxylic acids is 4. The molecule has 2 aliphatic heterocycles. The van der Waals surface area contributed by atoms with Crippen LogP contribution in [0, 0.1) is 17.3 Å². The van der Waals surface area contributed by atoms with E-state index in [1.165, 1.54) is 0 Å². The molecular weight excluding hydrogens is 803 g/mol. The lowest BCUT2D eigenvalue weighted by atomic mass is 9.90. The third kappa shape index (κ3) is 8.57. The Morgan fingerprint density at radius 2 is 1.74 bits per heavy atom. The van der Waals surface area contributed by atoms with Crippen molar-refractivity contribution in [3.63, 3.8) is 0 Å². The lowest BCUT2D eigenvalue weighted by Gasteiger charge is -2.29. The van der Waals surface area contributed by atoms with E-state index in [4.69, 9.17) is 9.72 Å². The molecule has 0 radical (unpaired) electrons. The monoisotopic (exact) mass is 861 g/mol. The number of allylic oxidation sites excluding steroid dienone is 2. The van der Waals surface area contributed by atoms with Crippen LogP contribution in [-0.2, 0) is 30.8 Å². The van der Waals surface area contributed by atoms with Gasteiger partial charge in [-0.2, -0.15) is 4.98 Å². The van der Waals surface area contributed by atoms with Gasteiger partial charge < -0.3 is 14.5 Å². The van der Waals surface area contributed by atoms with Crippen molar-refractivity contribution in [2.75, 3.05) is 20.6 Å². The molecule has 3 heterocycles. The van der Waals surface area contributed by atoms with Crippen LogP contribution in [0.3, 0.4) is 0 Å². The molecule has 8 rings (SSSR count). The van der Waals surface area contributed by atoms with Gasteiger partial charge in [0.25, 0.3) is 11.9 Å². The summed E-state index contributed by atoms with van der Waals surface area (Å²) in [6.07, 6.45) is 9.46. The average Bonchev–Trinajstić information content (AvgIpc) is 4.07. The number of amides is 3. The summed E-state index contributed by atoms with van der Waals surface area (Å²) in [6.45, 7) is 5.89. The van der Waals surface area contributed by atoms with Crippen molar-refractivity contribution in [3.05, 3.63) is 96.1 Å². The minimum atomic E-state index is -3.94. The predicted octanol–water partition coefficient (Wildman–Crippen LogP) is 7.68. The van der Waals surface area contributed by atoms with E-state index in [1.807, 2.05) is 91.2 Å². The Balaban J connectivity index is 1.13. The SMILES string of the molecule is CC(C)n1c(O[C@@H]2C[C@H]3C(=O)C[C@]4(C(=O)NS(=O)(=O)C5(C)CC5)C[C@H]4/C=C\CCCCC[C@H](Cc4ccccc4)C(=O)N3C2)nc2c(-c3cccc(C(=O)N(C)C)c3)cccc21. The van der Waals surface area contributed by atoms with Gasteiger partial charge in [-0.15, -0.1) is 0 Å². The number of sulfonamides is 1. The topological polar surface area (TPSA) is 148 Å². The van der Waals surface area contributed by atoms with Gasteiger partial charge in [0, 0.05) is 50.0 Å². The molecule has 3 fully saturated rings. The third-order valence-corrected chi connectivity index (χ3v) is 15.8. The number of aromatic nitrogens is 2. The Bertz CT molecular complexity index is 2510. The molecule has 2 saturated carbocycles. The van der Waals surface area contributed by atoms with Gasteiger partial charge in [0.2, 0.25) is 21.8 Å². The fourth-order valence-electron chi connectivity index (χ4n) is 9.46. The van der Waals surface area contributed by atoms with Crippen molar-refractivity contribution < 1.29 is 32.3 Å². The number of ether oxygens (including phenoxy) is 1. The van der Waals surface area contributed by atoms with E-state index >= 15 is 0 Å². The van der Waals surface area contributed by atoms with Crippen molar-refractivity contribution >= 4 is 44.6 Å². The van der Waals surface area contributed by atoms with Crippen LogP contribution >= 0.6 is 0 Å². The van der Waals surface area contributed by atoms with Crippen molar-refractivity contribution in [3.8, 4) is 17.1 Å². The van der Waals surface area contributed by atoms with Crippen LogP contribution in [0.2, 0.25) is 0 Å². The highest BCUT2D eigenvalue weighted by Gasteiger charge is 2.62. The highest BCUT2D eigenvalue weighted by atomic mass is 32.2. The summed E-state index contributed by atoms with van der Waals surface area (Å²) >= 11 is 0. The van der Waals surface area contributed by atoms with Gasteiger partial charge in [0.15, 0.2) is 5.78 Å². The Hall–Kier alpha value is -5.30. The summed E-state index contributed by atoms with van der Waals surface area (Å²) in [7, 11) is -0.489. The maximum absolute atomic E-state index is 15.0. The minimum absolute atomic E-state index is 0.0651. The van der Waals surface area contributed by atoms with E-state index in [1.54, 1.807) is 36.9 Å². The Labute approximate surface area is 365 Å². The van der Waals surface area contributed by atoms with E-state index < -0.39 is 38.2 Å². The van der Waals surface area contributed by atoms with E-state index in [0.717, 1.165) is 47.9 Å². The van der Waals surface area contributed by atoms with Gasteiger partial charge in [-0.1, -0.05) is 79.6 Å². The van der Waals surface area contributed by atoms with Crippen LogP contribution in [0.5, 0.6) is 6.01 Å². The second-order valence-electron chi connectivity index (χ2n) is 18.7. The molecule has 0 spiro atoms. The predicted molar refractivity (Wildman–Crippen MR) is 239 cm³/mol. The molecule has 62 heavy (non-hydrogen) atoms. The van der Waals surface area contributed by atoms with E-state index in [-0.39, 0.29) is 54.9 Å². The number of nitrogens with zero attached hydrogens (tertiary/aromatic N) is 4. The van der Waals surface area contributed by atoms with Crippen LogP contribution in [0.25, 0.3) is 22.2 Å². The van der Waals surface area contributed by atoms with Gasteiger partial charge in [-0.3, -0.25) is 28.5 Å². The normalized spacial score (nSPS) is 25.6.